The molecule has 31 heavy (non-hydrogen) atoms. The van der Waals surface area contributed by atoms with Gasteiger partial charge < -0.3 is 9.84 Å². The highest BCUT2D eigenvalue weighted by Crippen LogP contribution is 2.28. The number of carboxylic acids is 1. The molecule has 1 atom stereocenters. The zero-order valence-corrected chi connectivity index (χ0v) is 18.4. The van der Waals surface area contributed by atoms with Gasteiger partial charge >= 0.3 is 5.97 Å². The number of aromatic nitrogens is 2. The minimum Gasteiger partial charge on any atom is -0.489 e. The molecule has 6 heteroatoms. The van der Waals surface area contributed by atoms with Crippen LogP contribution in [0.15, 0.2) is 48.6 Å². The van der Waals surface area contributed by atoms with Gasteiger partial charge in [-0.1, -0.05) is 50.3 Å². The molecule has 5 nitrogen and oxygen atoms in total. The van der Waals surface area contributed by atoms with Crippen LogP contribution in [0.25, 0.3) is 10.9 Å². The smallest absolute Gasteiger partial charge is 0.304 e. The second kappa shape index (κ2) is 9.77. The number of aliphatic carboxylic acids is 1. The number of hydrogen-bond acceptors (Lipinski definition) is 3. The second-order valence-corrected chi connectivity index (χ2v) is 8.22. The summed E-state index contributed by atoms with van der Waals surface area (Å²) in [6, 6.07) is 11.2. The van der Waals surface area contributed by atoms with Crippen molar-refractivity contribution in [2.24, 2.45) is 5.92 Å². The molecule has 0 fully saturated rings. The molecule has 0 unspecified atom stereocenters. The predicted molar refractivity (Wildman–Crippen MR) is 120 cm³/mol. The molecule has 2 aromatic carbocycles. The molecule has 1 heterocycles. The second-order valence-electron chi connectivity index (χ2n) is 8.22. The Kier molecular flexibility index (Phi) is 7.10. The Morgan fingerprint density at radius 1 is 1.23 bits per heavy atom. The van der Waals surface area contributed by atoms with Crippen LogP contribution in [0, 0.1) is 18.8 Å². The highest BCUT2D eigenvalue weighted by atomic mass is 19.1. The van der Waals surface area contributed by atoms with Gasteiger partial charge in [-0.05, 0) is 43.0 Å². The number of hydrogen-bond donors (Lipinski definition) is 1. The van der Waals surface area contributed by atoms with Crippen LogP contribution in [-0.2, 0) is 17.9 Å². The maximum Gasteiger partial charge on any atom is 0.304 e. The Balaban J connectivity index is 1.80. The van der Waals surface area contributed by atoms with E-state index >= 15 is 0 Å². The number of carbonyl (C=O) groups is 1. The molecule has 0 saturated carbocycles. The van der Waals surface area contributed by atoms with Gasteiger partial charge in [0.05, 0.1) is 17.3 Å². The largest absolute Gasteiger partial charge is 0.489 e. The molecule has 164 valence electrons. The van der Waals surface area contributed by atoms with Crippen LogP contribution in [0.2, 0.25) is 0 Å². The van der Waals surface area contributed by atoms with Crippen molar-refractivity contribution < 1.29 is 19.0 Å². The van der Waals surface area contributed by atoms with E-state index in [1.807, 2.05) is 62.4 Å². The van der Waals surface area contributed by atoms with Gasteiger partial charge in [-0.2, -0.15) is 4.39 Å². The predicted octanol–water partition coefficient (Wildman–Crippen LogP) is 5.85. The monoisotopic (exact) mass is 424 g/mol. The first-order valence-electron chi connectivity index (χ1n) is 10.5. The van der Waals surface area contributed by atoms with Gasteiger partial charge in [-0.3, -0.25) is 9.48 Å². The van der Waals surface area contributed by atoms with E-state index in [-0.39, 0.29) is 18.9 Å². The van der Waals surface area contributed by atoms with E-state index in [1.165, 1.54) is 0 Å². The molecule has 0 spiro atoms. The van der Waals surface area contributed by atoms with E-state index in [2.05, 4.69) is 18.9 Å². The maximum absolute atomic E-state index is 14.7. The van der Waals surface area contributed by atoms with Crippen molar-refractivity contribution in [2.45, 2.75) is 53.2 Å². The number of carboxylic acid groups (broad SMARTS) is 1. The average Bonchev–Trinajstić information content (AvgIpc) is 3.03. The maximum atomic E-state index is 14.7. The highest BCUT2D eigenvalue weighted by Gasteiger charge is 2.18. The number of ether oxygens (including phenoxy) is 1. The molecule has 0 saturated heterocycles. The van der Waals surface area contributed by atoms with Crippen molar-refractivity contribution in [1.82, 2.24) is 9.78 Å². The van der Waals surface area contributed by atoms with Crippen molar-refractivity contribution in [3.05, 3.63) is 71.2 Å². The normalized spacial score (nSPS) is 12.7. The lowest BCUT2D eigenvalue weighted by Gasteiger charge is -2.13. The lowest BCUT2D eigenvalue weighted by atomic mass is 9.95. The number of allylic oxidation sites excluding steroid dienone is 2. The fraction of sp³-hybridized carbons (Fsp3) is 0.360. The fourth-order valence-corrected chi connectivity index (χ4v) is 3.79. The minimum atomic E-state index is -0.841. The van der Waals surface area contributed by atoms with E-state index in [4.69, 9.17) is 9.84 Å². The van der Waals surface area contributed by atoms with Gasteiger partial charge in [0, 0.05) is 18.0 Å². The number of halogens is 1. The highest BCUT2D eigenvalue weighted by molar-refractivity contribution is 5.85. The summed E-state index contributed by atoms with van der Waals surface area (Å²) in [5, 5.41) is 13.7. The van der Waals surface area contributed by atoms with Crippen molar-refractivity contribution in [2.75, 3.05) is 0 Å². The zero-order chi connectivity index (χ0) is 22.5. The van der Waals surface area contributed by atoms with Crippen LogP contribution in [0.4, 0.5) is 4.39 Å². The fourth-order valence-electron chi connectivity index (χ4n) is 3.79. The Morgan fingerprint density at radius 2 is 1.94 bits per heavy atom. The quantitative estimate of drug-likeness (QED) is 0.438. The van der Waals surface area contributed by atoms with Crippen LogP contribution in [0.5, 0.6) is 5.75 Å². The van der Waals surface area contributed by atoms with Gasteiger partial charge in [0.15, 0.2) is 0 Å². The van der Waals surface area contributed by atoms with E-state index in [0.717, 1.165) is 22.2 Å². The Bertz CT molecular complexity index is 1080. The summed E-state index contributed by atoms with van der Waals surface area (Å²) in [5.74, 6) is -0.507. The Labute approximate surface area is 182 Å². The van der Waals surface area contributed by atoms with Gasteiger partial charge in [-0.25, -0.2) is 0 Å². The van der Waals surface area contributed by atoms with Crippen LogP contribution < -0.4 is 4.74 Å². The lowest BCUT2D eigenvalue weighted by Crippen LogP contribution is -2.07. The lowest BCUT2D eigenvalue weighted by molar-refractivity contribution is -0.137. The third kappa shape index (κ3) is 5.32. The number of fused-ring (bicyclic) bond motifs is 1. The summed E-state index contributed by atoms with van der Waals surface area (Å²) >= 11 is 0. The molecule has 0 aliphatic heterocycles. The van der Waals surface area contributed by atoms with Crippen LogP contribution in [-0.4, -0.2) is 20.9 Å². The summed E-state index contributed by atoms with van der Waals surface area (Å²) < 4.78 is 22.4. The molecular formula is C25H29FN2O3. The number of rotatable bonds is 9. The van der Waals surface area contributed by atoms with Crippen molar-refractivity contribution in [3.63, 3.8) is 0 Å². The van der Waals surface area contributed by atoms with Crippen molar-refractivity contribution >= 4 is 16.9 Å². The first kappa shape index (κ1) is 22.5. The summed E-state index contributed by atoms with van der Waals surface area (Å²) in [4.78, 5) is 11.1. The number of nitrogens with zero attached hydrogens (tertiary/aromatic N) is 2. The van der Waals surface area contributed by atoms with Gasteiger partial charge in [0.2, 0.25) is 5.95 Å². The summed E-state index contributed by atoms with van der Waals surface area (Å²) in [5.41, 5.74) is 3.44. The Morgan fingerprint density at radius 3 is 2.55 bits per heavy atom. The average molecular weight is 425 g/mol. The molecule has 0 aliphatic rings. The third-order valence-electron chi connectivity index (χ3n) is 5.20. The van der Waals surface area contributed by atoms with Crippen molar-refractivity contribution in [1.29, 1.82) is 0 Å². The Hall–Kier alpha value is -3.15. The number of benzene rings is 2. The van der Waals surface area contributed by atoms with Crippen LogP contribution >= 0.6 is 0 Å². The minimum absolute atomic E-state index is 0.0333. The van der Waals surface area contributed by atoms with E-state index in [0.29, 0.717) is 23.6 Å². The molecule has 0 amide bonds. The van der Waals surface area contributed by atoms with Gasteiger partial charge in [0.1, 0.15) is 12.4 Å². The molecule has 3 rings (SSSR count). The molecular weight excluding hydrogens is 395 g/mol. The third-order valence-corrected chi connectivity index (χ3v) is 5.20. The van der Waals surface area contributed by atoms with Crippen molar-refractivity contribution in [3.8, 4) is 5.75 Å². The molecule has 3 aromatic rings. The van der Waals surface area contributed by atoms with Gasteiger partial charge in [-0.15, -0.1) is 5.10 Å². The SMILES string of the molecule is CC=C[C@H](CC(=O)O)c1ccc(OCc2ccc(C)c3c2c(F)nn3CC(C)C)cc1. The standard InChI is InChI=1S/C25H29FN2O3/c1-5-6-19(13-22(29)30)18-9-11-21(12-10-18)31-15-20-8-7-17(4)24-23(20)25(26)27-28(24)14-16(2)3/h5-12,16,19H,13-15H2,1-4H3,(H,29,30)/t19-/m1/s1. The van der Waals surface area contributed by atoms with E-state index < -0.39 is 11.9 Å². The topological polar surface area (TPSA) is 64.3 Å². The summed E-state index contributed by atoms with van der Waals surface area (Å²) in [7, 11) is 0. The number of aryl methyl sites for hydroxylation is 1. The first-order chi connectivity index (χ1) is 14.8. The van der Waals surface area contributed by atoms with Crippen LogP contribution in [0.3, 0.4) is 0 Å². The zero-order valence-electron chi connectivity index (χ0n) is 18.4. The molecule has 0 aliphatic carbocycles. The van der Waals surface area contributed by atoms with E-state index in [1.54, 1.807) is 4.68 Å². The summed E-state index contributed by atoms with van der Waals surface area (Å²) in [6.45, 7) is 8.85. The first-order valence-corrected chi connectivity index (χ1v) is 10.5. The molecule has 0 bridgehead atoms. The molecule has 1 N–H and O–H groups in total. The summed E-state index contributed by atoms with van der Waals surface area (Å²) in [6.07, 6.45) is 3.77. The van der Waals surface area contributed by atoms with Gasteiger partial charge in [0.25, 0.3) is 0 Å². The molecule has 0 radical (unpaired) electrons. The van der Waals surface area contributed by atoms with Crippen LogP contribution in [0.1, 0.15) is 49.8 Å². The van der Waals surface area contributed by atoms with E-state index in [9.17, 15) is 9.18 Å². The molecule has 1 aromatic heterocycles.